The Balaban J connectivity index is 2.13. The van der Waals surface area contributed by atoms with Gasteiger partial charge in [0.15, 0.2) is 11.5 Å². The van der Waals surface area contributed by atoms with E-state index in [2.05, 4.69) is 42.7 Å². The predicted molar refractivity (Wildman–Crippen MR) is 108 cm³/mol. The number of nitrogens with one attached hydrogen (secondary N) is 2. The molecule has 2 aromatic rings. The summed E-state index contributed by atoms with van der Waals surface area (Å²) in [5.41, 5.74) is 4.03. The van der Waals surface area contributed by atoms with Crippen LogP contribution in [0.4, 0.5) is 11.4 Å². The molecule has 0 aliphatic heterocycles. The van der Waals surface area contributed by atoms with Crippen molar-refractivity contribution in [3.63, 3.8) is 0 Å². The van der Waals surface area contributed by atoms with Gasteiger partial charge in [-0.3, -0.25) is 4.79 Å². The number of ether oxygens (including phenoxy) is 3. The number of methoxy groups -OCH3 is 3. The van der Waals surface area contributed by atoms with Gasteiger partial charge in [0.2, 0.25) is 11.7 Å². The first-order valence-corrected chi connectivity index (χ1v) is 9.02. The number of carbonyl (C=O) groups excluding carboxylic acids is 1. The van der Waals surface area contributed by atoms with Gasteiger partial charge in [-0.1, -0.05) is 32.0 Å². The molecule has 0 atom stereocenters. The Morgan fingerprint density at radius 1 is 0.926 bits per heavy atom. The third kappa shape index (κ3) is 4.84. The molecule has 0 saturated carbocycles. The third-order valence-electron chi connectivity index (χ3n) is 4.37. The Morgan fingerprint density at radius 3 is 1.93 bits per heavy atom. The summed E-state index contributed by atoms with van der Waals surface area (Å²) in [4.78, 5) is 12.5. The normalized spacial score (nSPS) is 10.3. The summed E-state index contributed by atoms with van der Waals surface area (Å²) >= 11 is 0. The molecule has 146 valence electrons. The Labute approximate surface area is 160 Å². The van der Waals surface area contributed by atoms with Crippen LogP contribution in [0.2, 0.25) is 0 Å². The lowest BCUT2D eigenvalue weighted by Crippen LogP contribution is -2.22. The molecule has 0 bridgehead atoms. The van der Waals surface area contributed by atoms with Crippen LogP contribution in [0.5, 0.6) is 17.2 Å². The molecule has 2 aromatic carbocycles. The van der Waals surface area contributed by atoms with E-state index in [-0.39, 0.29) is 12.5 Å². The van der Waals surface area contributed by atoms with Crippen LogP contribution in [-0.4, -0.2) is 33.8 Å². The van der Waals surface area contributed by atoms with Crippen molar-refractivity contribution >= 4 is 17.3 Å². The number of hydrogen-bond donors (Lipinski definition) is 2. The highest BCUT2D eigenvalue weighted by atomic mass is 16.5. The highest BCUT2D eigenvalue weighted by Gasteiger charge is 2.15. The average molecular weight is 372 g/mol. The van der Waals surface area contributed by atoms with Crippen LogP contribution in [0.3, 0.4) is 0 Å². The number of carbonyl (C=O) groups is 1. The molecule has 0 radical (unpaired) electrons. The van der Waals surface area contributed by atoms with E-state index in [0.717, 1.165) is 18.5 Å². The van der Waals surface area contributed by atoms with Gasteiger partial charge >= 0.3 is 0 Å². The Kier molecular flexibility index (Phi) is 7.34. The van der Waals surface area contributed by atoms with Gasteiger partial charge in [0.1, 0.15) is 0 Å². The summed E-state index contributed by atoms with van der Waals surface area (Å²) in [5.74, 6) is 1.31. The first kappa shape index (κ1) is 20.4. The fourth-order valence-corrected chi connectivity index (χ4v) is 3.00. The van der Waals surface area contributed by atoms with Crippen molar-refractivity contribution in [3.8, 4) is 17.2 Å². The van der Waals surface area contributed by atoms with Crippen LogP contribution in [0.1, 0.15) is 25.0 Å². The second kappa shape index (κ2) is 9.71. The maximum absolute atomic E-state index is 12.5. The van der Waals surface area contributed by atoms with Crippen molar-refractivity contribution in [2.75, 3.05) is 38.5 Å². The van der Waals surface area contributed by atoms with Crippen molar-refractivity contribution in [2.45, 2.75) is 26.7 Å². The molecule has 0 aliphatic rings. The molecule has 6 heteroatoms. The van der Waals surface area contributed by atoms with Crippen LogP contribution < -0.4 is 24.8 Å². The Morgan fingerprint density at radius 2 is 1.48 bits per heavy atom. The lowest BCUT2D eigenvalue weighted by molar-refractivity contribution is -0.114. The zero-order chi connectivity index (χ0) is 19.8. The molecule has 0 heterocycles. The second-order valence-electron chi connectivity index (χ2n) is 5.97. The van der Waals surface area contributed by atoms with E-state index in [1.807, 2.05) is 0 Å². The number of anilines is 2. The monoisotopic (exact) mass is 372 g/mol. The second-order valence-corrected chi connectivity index (χ2v) is 5.97. The van der Waals surface area contributed by atoms with Crippen molar-refractivity contribution in [1.82, 2.24) is 0 Å². The van der Waals surface area contributed by atoms with Crippen molar-refractivity contribution < 1.29 is 19.0 Å². The summed E-state index contributed by atoms with van der Waals surface area (Å²) < 4.78 is 15.9. The van der Waals surface area contributed by atoms with E-state index in [1.165, 1.54) is 11.1 Å². The molecule has 1 amide bonds. The Hall–Kier alpha value is -2.89. The standard InChI is InChI=1S/C21H28N2O4/c1-6-14-9-8-10-15(7-2)20(14)22-13-19(24)23-16-11-17(25-3)21(27-5)18(12-16)26-4/h8-12,22H,6-7,13H2,1-5H3,(H,23,24). The zero-order valence-corrected chi connectivity index (χ0v) is 16.6. The molecule has 0 saturated heterocycles. The van der Waals surface area contributed by atoms with Crippen LogP contribution in [-0.2, 0) is 17.6 Å². The minimum atomic E-state index is -0.155. The highest BCUT2D eigenvalue weighted by molar-refractivity contribution is 5.94. The zero-order valence-electron chi connectivity index (χ0n) is 16.6. The summed E-state index contributed by atoms with van der Waals surface area (Å²) in [7, 11) is 4.62. The fraction of sp³-hybridized carbons (Fsp3) is 0.381. The van der Waals surface area contributed by atoms with Crippen molar-refractivity contribution in [1.29, 1.82) is 0 Å². The van der Waals surface area contributed by atoms with Gasteiger partial charge in [-0.05, 0) is 24.0 Å². The summed E-state index contributed by atoms with van der Waals surface area (Å²) in [6, 6.07) is 9.63. The van der Waals surface area contributed by atoms with E-state index in [0.29, 0.717) is 22.9 Å². The number of hydrogen-bond acceptors (Lipinski definition) is 5. The fourth-order valence-electron chi connectivity index (χ4n) is 3.00. The lowest BCUT2D eigenvalue weighted by Gasteiger charge is -2.16. The molecule has 27 heavy (non-hydrogen) atoms. The minimum absolute atomic E-state index is 0.155. The van der Waals surface area contributed by atoms with Gasteiger partial charge < -0.3 is 24.8 Å². The number of benzene rings is 2. The number of para-hydroxylation sites is 1. The van der Waals surface area contributed by atoms with Crippen LogP contribution in [0.25, 0.3) is 0 Å². The van der Waals surface area contributed by atoms with E-state index in [1.54, 1.807) is 33.5 Å². The summed E-state index contributed by atoms with van der Waals surface area (Å²) in [6.07, 6.45) is 1.81. The maximum Gasteiger partial charge on any atom is 0.243 e. The molecule has 0 fully saturated rings. The topological polar surface area (TPSA) is 68.8 Å². The minimum Gasteiger partial charge on any atom is -0.493 e. The van der Waals surface area contributed by atoms with E-state index >= 15 is 0 Å². The van der Waals surface area contributed by atoms with Crippen molar-refractivity contribution in [3.05, 3.63) is 41.5 Å². The smallest absolute Gasteiger partial charge is 0.243 e. The largest absolute Gasteiger partial charge is 0.493 e. The average Bonchev–Trinajstić information content (AvgIpc) is 2.70. The predicted octanol–water partition coefficient (Wildman–Crippen LogP) is 3.89. The highest BCUT2D eigenvalue weighted by Crippen LogP contribution is 2.39. The molecular weight excluding hydrogens is 344 g/mol. The maximum atomic E-state index is 12.5. The quantitative estimate of drug-likeness (QED) is 0.699. The number of aryl methyl sites for hydroxylation is 2. The summed E-state index contributed by atoms with van der Waals surface area (Å²) in [6.45, 7) is 4.38. The number of rotatable bonds is 9. The van der Waals surface area contributed by atoms with Gasteiger partial charge in [0.05, 0.1) is 27.9 Å². The SMILES string of the molecule is CCc1cccc(CC)c1NCC(=O)Nc1cc(OC)c(OC)c(OC)c1. The van der Waals surface area contributed by atoms with Crippen LogP contribution in [0.15, 0.2) is 30.3 Å². The molecule has 0 spiro atoms. The van der Waals surface area contributed by atoms with Gasteiger partial charge in [0.25, 0.3) is 0 Å². The molecule has 0 aliphatic carbocycles. The van der Waals surface area contributed by atoms with Crippen molar-refractivity contribution in [2.24, 2.45) is 0 Å². The van der Waals surface area contributed by atoms with Crippen LogP contribution >= 0.6 is 0 Å². The number of amides is 1. The third-order valence-corrected chi connectivity index (χ3v) is 4.37. The van der Waals surface area contributed by atoms with Gasteiger partial charge in [-0.2, -0.15) is 0 Å². The van der Waals surface area contributed by atoms with Gasteiger partial charge in [-0.25, -0.2) is 0 Å². The van der Waals surface area contributed by atoms with E-state index in [4.69, 9.17) is 14.2 Å². The van der Waals surface area contributed by atoms with Gasteiger partial charge in [-0.15, -0.1) is 0 Å². The van der Waals surface area contributed by atoms with Gasteiger partial charge in [0, 0.05) is 23.5 Å². The van der Waals surface area contributed by atoms with E-state index < -0.39 is 0 Å². The molecule has 6 nitrogen and oxygen atoms in total. The lowest BCUT2D eigenvalue weighted by atomic mass is 10.0. The molecular formula is C21H28N2O4. The van der Waals surface area contributed by atoms with E-state index in [9.17, 15) is 4.79 Å². The molecule has 2 rings (SSSR count). The molecule has 0 unspecified atom stereocenters. The first-order chi connectivity index (χ1) is 13.1. The molecule has 2 N–H and O–H groups in total. The Bertz CT molecular complexity index is 742. The molecule has 0 aromatic heterocycles. The van der Waals surface area contributed by atoms with Crippen LogP contribution in [0, 0.1) is 0 Å². The first-order valence-electron chi connectivity index (χ1n) is 9.02. The summed E-state index contributed by atoms with van der Waals surface area (Å²) in [5, 5.41) is 6.16.